The highest BCUT2D eigenvalue weighted by Gasteiger charge is 1.85. The van der Waals surface area contributed by atoms with E-state index in [1.54, 1.807) is 11.9 Å². The Kier molecular flexibility index (Phi) is 4.20. The monoisotopic (exact) mass is 117 g/mol. The molecule has 0 bridgehead atoms. The van der Waals surface area contributed by atoms with Gasteiger partial charge in [-0.05, 0) is 18.9 Å². The Morgan fingerprint density at radius 3 is 2.29 bits per heavy atom. The molecule has 0 saturated carbocycles. The van der Waals surface area contributed by atoms with Crippen molar-refractivity contribution in [2.75, 3.05) is 0 Å². The van der Waals surface area contributed by atoms with E-state index in [-0.39, 0.29) is 0 Å². The lowest BCUT2D eigenvalue weighted by atomic mass is 10.6. The second kappa shape index (κ2) is 4.19. The average Bonchev–Trinajstić information content (AvgIpc) is 1.61. The molecule has 0 aromatic carbocycles. The molecule has 0 fully saturated rings. The zero-order chi connectivity index (χ0) is 5.70. The van der Waals surface area contributed by atoms with E-state index in [0.29, 0.717) is 5.25 Å². The van der Waals surface area contributed by atoms with Gasteiger partial charge in [-0.3, -0.25) is 0 Å². The second-order valence-corrected chi connectivity index (χ2v) is 2.88. The van der Waals surface area contributed by atoms with Crippen molar-refractivity contribution < 1.29 is 0 Å². The quantitative estimate of drug-likeness (QED) is 0.398. The molecule has 0 aliphatic carbocycles. The van der Waals surface area contributed by atoms with Crippen LogP contribution in [-0.2, 0) is 0 Å². The summed E-state index contributed by atoms with van der Waals surface area (Å²) in [6.45, 7) is 6.17. The van der Waals surface area contributed by atoms with E-state index in [1.807, 2.05) is 13.1 Å². The molecule has 1 nitrogen and oxygen atoms in total. The fourth-order valence-corrected chi connectivity index (χ4v) is 0.548. The summed E-state index contributed by atoms with van der Waals surface area (Å²) in [6, 6.07) is 0. The molecule has 0 atom stereocenters. The van der Waals surface area contributed by atoms with Crippen LogP contribution in [0.5, 0.6) is 0 Å². The highest BCUT2D eigenvalue weighted by molar-refractivity contribution is 7.98. The van der Waals surface area contributed by atoms with E-state index in [0.717, 1.165) is 0 Å². The Morgan fingerprint density at radius 1 is 1.57 bits per heavy atom. The molecule has 0 spiro atoms. The average molecular weight is 117 g/mol. The zero-order valence-electron chi connectivity index (χ0n) is 5.01. The van der Waals surface area contributed by atoms with E-state index < -0.39 is 0 Å². The zero-order valence-corrected chi connectivity index (χ0v) is 5.83. The van der Waals surface area contributed by atoms with Crippen LogP contribution in [0.1, 0.15) is 20.8 Å². The van der Waals surface area contributed by atoms with Crippen LogP contribution in [-0.4, -0.2) is 11.5 Å². The summed E-state index contributed by atoms with van der Waals surface area (Å²) in [5.74, 6) is 0. The van der Waals surface area contributed by atoms with Gasteiger partial charge in [0.15, 0.2) is 0 Å². The predicted molar refractivity (Wildman–Crippen MR) is 36.9 cm³/mol. The SMILES string of the molecule is CC=NSC(C)C. The standard InChI is InChI=1S/C5H11NS/c1-4-6-7-5(2)3/h4-5H,1-3H3. The van der Waals surface area contributed by atoms with Gasteiger partial charge in [0.1, 0.15) is 0 Å². The van der Waals surface area contributed by atoms with Crippen LogP contribution in [0.15, 0.2) is 4.40 Å². The Labute approximate surface area is 49.4 Å². The van der Waals surface area contributed by atoms with Crippen molar-refractivity contribution in [3.05, 3.63) is 0 Å². The van der Waals surface area contributed by atoms with Crippen LogP contribution in [0.4, 0.5) is 0 Å². The topological polar surface area (TPSA) is 12.4 Å². The Balaban J connectivity index is 2.97. The first-order chi connectivity index (χ1) is 3.27. The lowest BCUT2D eigenvalue weighted by Gasteiger charge is -1.92. The van der Waals surface area contributed by atoms with Gasteiger partial charge in [0.05, 0.1) is 0 Å². The maximum Gasteiger partial charge on any atom is 0.0210 e. The van der Waals surface area contributed by atoms with Gasteiger partial charge < -0.3 is 0 Å². The maximum absolute atomic E-state index is 3.96. The van der Waals surface area contributed by atoms with Crippen LogP contribution in [0.2, 0.25) is 0 Å². The molecule has 0 saturated heterocycles. The lowest BCUT2D eigenvalue weighted by molar-refractivity contribution is 1.11. The van der Waals surface area contributed by atoms with Crippen molar-refractivity contribution in [3.8, 4) is 0 Å². The van der Waals surface area contributed by atoms with Crippen LogP contribution in [0.3, 0.4) is 0 Å². The first-order valence-electron chi connectivity index (χ1n) is 2.41. The molecule has 42 valence electrons. The van der Waals surface area contributed by atoms with E-state index in [1.165, 1.54) is 0 Å². The smallest absolute Gasteiger partial charge is 0.0210 e. The third kappa shape index (κ3) is 6.02. The summed E-state index contributed by atoms with van der Waals surface area (Å²) in [7, 11) is 0. The summed E-state index contributed by atoms with van der Waals surface area (Å²) in [5, 5.41) is 0.621. The van der Waals surface area contributed by atoms with Crippen molar-refractivity contribution in [2.45, 2.75) is 26.0 Å². The van der Waals surface area contributed by atoms with E-state index >= 15 is 0 Å². The summed E-state index contributed by atoms with van der Waals surface area (Å²) >= 11 is 1.60. The van der Waals surface area contributed by atoms with Crippen molar-refractivity contribution in [3.63, 3.8) is 0 Å². The van der Waals surface area contributed by atoms with Crippen LogP contribution in [0, 0.1) is 0 Å². The molecule has 0 N–H and O–H groups in total. The molecular formula is C5H11NS. The minimum Gasteiger partial charge on any atom is -0.229 e. The molecular weight excluding hydrogens is 106 g/mol. The van der Waals surface area contributed by atoms with Gasteiger partial charge in [-0.25, -0.2) is 4.40 Å². The Hall–Kier alpha value is 0.0200. The van der Waals surface area contributed by atoms with Gasteiger partial charge >= 0.3 is 0 Å². The van der Waals surface area contributed by atoms with E-state index in [2.05, 4.69) is 18.2 Å². The third-order valence-electron chi connectivity index (χ3n) is 0.377. The lowest BCUT2D eigenvalue weighted by Crippen LogP contribution is -1.80. The summed E-state index contributed by atoms with van der Waals surface area (Å²) < 4.78 is 3.96. The largest absolute Gasteiger partial charge is 0.229 e. The van der Waals surface area contributed by atoms with Gasteiger partial charge in [-0.1, -0.05) is 13.8 Å². The van der Waals surface area contributed by atoms with Crippen LogP contribution in [0.25, 0.3) is 0 Å². The number of nitrogens with zero attached hydrogens (tertiary/aromatic N) is 1. The minimum absolute atomic E-state index is 0.621. The van der Waals surface area contributed by atoms with Crippen molar-refractivity contribution in [2.24, 2.45) is 4.40 Å². The van der Waals surface area contributed by atoms with Gasteiger partial charge in [0.2, 0.25) is 0 Å². The third-order valence-corrected chi connectivity index (χ3v) is 1.13. The van der Waals surface area contributed by atoms with Crippen molar-refractivity contribution >= 4 is 18.2 Å². The fourth-order valence-electron chi connectivity index (χ4n) is 0.183. The van der Waals surface area contributed by atoms with E-state index in [9.17, 15) is 0 Å². The fraction of sp³-hybridized carbons (Fsp3) is 0.800. The first kappa shape index (κ1) is 7.02. The first-order valence-corrected chi connectivity index (χ1v) is 3.25. The number of rotatable bonds is 2. The normalized spacial score (nSPS) is 11.4. The van der Waals surface area contributed by atoms with Crippen molar-refractivity contribution in [1.82, 2.24) is 0 Å². The van der Waals surface area contributed by atoms with Crippen LogP contribution < -0.4 is 0 Å². The van der Waals surface area contributed by atoms with Crippen LogP contribution >= 0.6 is 11.9 Å². The molecule has 7 heavy (non-hydrogen) atoms. The number of hydrogen-bond donors (Lipinski definition) is 0. The van der Waals surface area contributed by atoms with Gasteiger partial charge in [-0.15, -0.1) is 0 Å². The highest BCUT2D eigenvalue weighted by Crippen LogP contribution is 2.08. The molecule has 0 rings (SSSR count). The Bertz CT molecular complexity index is 59.1. The Morgan fingerprint density at radius 2 is 2.14 bits per heavy atom. The molecule has 0 aliphatic rings. The van der Waals surface area contributed by atoms with Crippen molar-refractivity contribution in [1.29, 1.82) is 0 Å². The molecule has 0 aliphatic heterocycles. The number of hydrogen-bond acceptors (Lipinski definition) is 2. The summed E-state index contributed by atoms with van der Waals surface area (Å²) in [4.78, 5) is 0. The van der Waals surface area contributed by atoms with E-state index in [4.69, 9.17) is 0 Å². The summed E-state index contributed by atoms with van der Waals surface area (Å²) in [5.41, 5.74) is 0. The maximum atomic E-state index is 3.96. The highest BCUT2D eigenvalue weighted by atomic mass is 32.2. The molecule has 0 aromatic heterocycles. The molecule has 0 aromatic rings. The van der Waals surface area contributed by atoms with Gasteiger partial charge in [0, 0.05) is 11.5 Å². The molecule has 0 radical (unpaired) electrons. The second-order valence-electron chi connectivity index (χ2n) is 1.52. The molecule has 0 unspecified atom stereocenters. The molecule has 0 amide bonds. The predicted octanol–water partition coefficient (Wildman–Crippen LogP) is 2.13. The van der Waals surface area contributed by atoms with Gasteiger partial charge in [-0.2, -0.15) is 0 Å². The minimum atomic E-state index is 0.621. The molecule has 0 heterocycles. The molecule has 2 heteroatoms. The summed E-state index contributed by atoms with van der Waals surface area (Å²) in [6.07, 6.45) is 1.81. The van der Waals surface area contributed by atoms with Gasteiger partial charge in [0.25, 0.3) is 0 Å².